The molecule has 1 amide bonds. The summed E-state index contributed by atoms with van der Waals surface area (Å²) >= 11 is 1.49. The highest BCUT2D eigenvalue weighted by atomic mass is 32.1. The Balaban J connectivity index is 1.48. The highest BCUT2D eigenvalue weighted by Gasteiger charge is 2.28. The van der Waals surface area contributed by atoms with E-state index in [-0.39, 0.29) is 12.5 Å². The molecule has 3 aromatic rings. The summed E-state index contributed by atoms with van der Waals surface area (Å²) in [5.41, 5.74) is 0.703. The van der Waals surface area contributed by atoms with Crippen molar-refractivity contribution >= 4 is 22.9 Å². The molecule has 134 valence electrons. The zero-order chi connectivity index (χ0) is 18.1. The number of hydrogen-bond donors (Lipinski definition) is 1. The second kappa shape index (κ2) is 6.80. The van der Waals surface area contributed by atoms with E-state index in [1.807, 2.05) is 38.1 Å². The number of ether oxygens (including phenoxy) is 2. The number of hydrogen-bond acceptors (Lipinski definition) is 7. The second-order valence-corrected chi connectivity index (χ2v) is 7.04. The number of anilines is 1. The van der Waals surface area contributed by atoms with Gasteiger partial charge in [0.1, 0.15) is 6.61 Å². The fourth-order valence-corrected chi connectivity index (χ4v) is 3.47. The molecule has 0 unspecified atom stereocenters. The second-order valence-electron chi connectivity index (χ2n) is 5.79. The van der Waals surface area contributed by atoms with E-state index in [9.17, 15) is 4.79 Å². The number of nitrogens with zero attached hydrogens (tertiary/aromatic N) is 2. The summed E-state index contributed by atoms with van der Waals surface area (Å²) in [5, 5.41) is 10.9. The Hall–Kier alpha value is -2.87. The number of rotatable bonds is 4. The Labute approximate surface area is 154 Å². The number of nitrogens with one attached hydrogen (secondary N) is 1. The maximum Gasteiger partial charge on any atom is 0.269 e. The molecule has 0 spiro atoms. The maximum atomic E-state index is 12.6. The molecule has 1 aliphatic heterocycles. The molecule has 0 bridgehead atoms. The summed E-state index contributed by atoms with van der Waals surface area (Å²) in [4.78, 5) is 14.3. The van der Waals surface area contributed by atoms with Crippen molar-refractivity contribution in [2.75, 3.05) is 11.9 Å². The topological polar surface area (TPSA) is 86.5 Å². The smallest absolute Gasteiger partial charge is 0.269 e. The quantitative estimate of drug-likeness (QED) is 0.756. The summed E-state index contributed by atoms with van der Waals surface area (Å²) in [5.74, 6) is 2.00. The number of benzene rings is 1. The normalized spacial score (nSPS) is 15.7. The Kier molecular flexibility index (Phi) is 4.34. The standard InChI is InChI=1S/C18H17N3O4S/c1-3-16-20-21-18(25-16)15-8-11(10(2)26-15)19-17(22)14-9-23-12-6-4-5-7-13(12)24-14/h4-8,14H,3,9H2,1-2H3,(H,19,22)/t14-/m0/s1. The van der Waals surface area contributed by atoms with Crippen molar-refractivity contribution in [2.45, 2.75) is 26.4 Å². The van der Waals surface area contributed by atoms with Gasteiger partial charge < -0.3 is 19.2 Å². The molecule has 0 saturated heterocycles. The molecular weight excluding hydrogens is 354 g/mol. The lowest BCUT2D eigenvalue weighted by molar-refractivity contribution is -0.125. The third kappa shape index (κ3) is 3.15. The molecule has 26 heavy (non-hydrogen) atoms. The van der Waals surface area contributed by atoms with Crippen LogP contribution in [0.3, 0.4) is 0 Å². The van der Waals surface area contributed by atoms with Crippen molar-refractivity contribution in [3.63, 3.8) is 0 Å². The van der Waals surface area contributed by atoms with E-state index < -0.39 is 6.10 Å². The average Bonchev–Trinajstić information content (AvgIpc) is 3.28. The van der Waals surface area contributed by atoms with E-state index in [2.05, 4.69) is 15.5 Å². The molecular formula is C18H17N3O4S. The summed E-state index contributed by atoms with van der Waals surface area (Å²) in [6.07, 6.45) is -0.0238. The molecule has 1 N–H and O–H groups in total. The number of para-hydroxylation sites is 2. The van der Waals surface area contributed by atoms with Gasteiger partial charge in [-0.3, -0.25) is 4.79 Å². The number of aromatic nitrogens is 2. The van der Waals surface area contributed by atoms with Gasteiger partial charge >= 0.3 is 0 Å². The van der Waals surface area contributed by atoms with Gasteiger partial charge in [0, 0.05) is 11.3 Å². The van der Waals surface area contributed by atoms with Gasteiger partial charge in [0.2, 0.25) is 12.0 Å². The number of thiophene rings is 1. The lowest BCUT2D eigenvalue weighted by atomic mass is 10.2. The number of fused-ring (bicyclic) bond motifs is 1. The third-order valence-electron chi connectivity index (χ3n) is 3.96. The lowest BCUT2D eigenvalue weighted by Crippen LogP contribution is -2.40. The van der Waals surface area contributed by atoms with Gasteiger partial charge in [-0.05, 0) is 25.1 Å². The van der Waals surface area contributed by atoms with Crippen LogP contribution in [-0.4, -0.2) is 28.8 Å². The first-order chi connectivity index (χ1) is 12.6. The number of amides is 1. The average molecular weight is 371 g/mol. The molecule has 7 nitrogen and oxygen atoms in total. The van der Waals surface area contributed by atoms with Crippen LogP contribution in [0.25, 0.3) is 10.8 Å². The Morgan fingerprint density at radius 1 is 1.31 bits per heavy atom. The highest BCUT2D eigenvalue weighted by molar-refractivity contribution is 7.15. The molecule has 4 rings (SSSR count). The van der Waals surface area contributed by atoms with Crippen LogP contribution in [-0.2, 0) is 11.2 Å². The maximum absolute atomic E-state index is 12.6. The first-order valence-corrected chi connectivity index (χ1v) is 9.08. The van der Waals surface area contributed by atoms with E-state index in [1.165, 1.54) is 11.3 Å². The van der Waals surface area contributed by atoms with Gasteiger partial charge in [-0.25, -0.2) is 0 Å². The minimum absolute atomic E-state index is 0.169. The molecule has 0 aliphatic carbocycles. The van der Waals surface area contributed by atoms with Crippen molar-refractivity contribution in [3.05, 3.63) is 41.1 Å². The van der Waals surface area contributed by atoms with Crippen LogP contribution in [0, 0.1) is 6.92 Å². The number of carbonyl (C=O) groups excluding carboxylic acids is 1. The summed E-state index contributed by atoms with van der Waals surface area (Å²) in [7, 11) is 0. The molecule has 3 heterocycles. The highest BCUT2D eigenvalue weighted by Crippen LogP contribution is 2.35. The van der Waals surface area contributed by atoms with E-state index in [1.54, 1.807) is 6.07 Å². The molecule has 0 saturated carbocycles. The van der Waals surface area contributed by atoms with Crippen molar-refractivity contribution in [2.24, 2.45) is 0 Å². The molecule has 0 radical (unpaired) electrons. The van der Waals surface area contributed by atoms with Gasteiger partial charge in [-0.2, -0.15) is 0 Å². The predicted octanol–water partition coefficient (Wildman–Crippen LogP) is 3.45. The van der Waals surface area contributed by atoms with E-state index in [4.69, 9.17) is 13.9 Å². The summed E-state index contributed by atoms with van der Waals surface area (Å²) in [6.45, 7) is 4.05. The molecule has 1 atom stereocenters. The Bertz CT molecular complexity index is 950. The monoisotopic (exact) mass is 371 g/mol. The lowest BCUT2D eigenvalue weighted by Gasteiger charge is -2.25. The SMILES string of the molecule is CCc1nnc(-c2cc(NC(=O)[C@@H]3COc4ccccc4O3)c(C)s2)o1. The van der Waals surface area contributed by atoms with Crippen LogP contribution >= 0.6 is 11.3 Å². The van der Waals surface area contributed by atoms with Crippen molar-refractivity contribution in [1.29, 1.82) is 0 Å². The van der Waals surface area contributed by atoms with Gasteiger partial charge in [0.15, 0.2) is 11.5 Å². The Morgan fingerprint density at radius 3 is 2.88 bits per heavy atom. The largest absolute Gasteiger partial charge is 0.485 e. The van der Waals surface area contributed by atoms with Crippen LogP contribution in [0.15, 0.2) is 34.7 Å². The number of aryl methyl sites for hydroxylation is 2. The van der Waals surface area contributed by atoms with Crippen LogP contribution in [0.4, 0.5) is 5.69 Å². The van der Waals surface area contributed by atoms with Crippen molar-refractivity contribution in [3.8, 4) is 22.3 Å². The van der Waals surface area contributed by atoms with Crippen LogP contribution in [0.2, 0.25) is 0 Å². The third-order valence-corrected chi connectivity index (χ3v) is 5.00. The van der Waals surface area contributed by atoms with Crippen LogP contribution < -0.4 is 14.8 Å². The van der Waals surface area contributed by atoms with E-state index >= 15 is 0 Å². The van der Waals surface area contributed by atoms with Crippen LogP contribution in [0.5, 0.6) is 11.5 Å². The number of carbonyl (C=O) groups is 1. The predicted molar refractivity (Wildman–Crippen MR) is 96.7 cm³/mol. The van der Waals surface area contributed by atoms with Gasteiger partial charge in [0.25, 0.3) is 11.8 Å². The molecule has 1 aromatic carbocycles. The van der Waals surface area contributed by atoms with E-state index in [0.717, 1.165) is 9.75 Å². The molecule has 0 fully saturated rings. The molecule has 1 aliphatic rings. The van der Waals surface area contributed by atoms with Crippen molar-refractivity contribution in [1.82, 2.24) is 10.2 Å². The zero-order valence-corrected chi connectivity index (χ0v) is 15.1. The molecule has 2 aromatic heterocycles. The van der Waals surface area contributed by atoms with Gasteiger partial charge in [0.05, 0.1) is 10.6 Å². The fourth-order valence-electron chi connectivity index (χ4n) is 2.57. The minimum Gasteiger partial charge on any atom is -0.485 e. The Morgan fingerprint density at radius 2 is 2.12 bits per heavy atom. The first kappa shape index (κ1) is 16.6. The van der Waals surface area contributed by atoms with Gasteiger partial charge in [-0.1, -0.05) is 19.1 Å². The van der Waals surface area contributed by atoms with Crippen molar-refractivity contribution < 1.29 is 18.7 Å². The fraction of sp³-hybridized carbons (Fsp3) is 0.278. The van der Waals surface area contributed by atoms with Gasteiger partial charge in [-0.15, -0.1) is 21.5 Å². The summed E-state index contributed by atoms with van der Waals surface area (Å²) < 4.78 is 16.9. The minimum atomic E-state index is -0.706. The zero-order valence-electron chi connectivity index (χ0n) is 14.3. The summed E-state index contributed by atoms with van der Waals surface area (Å²) in [6, 6.07) is 9.13. The first-order valence-electron chi connectivity index (χ1n) is 8.26. The van der Waals surface area contributed by atoms with Crippen LogP contribution in [0.1, 0.15) is 17.7 Å². The molecule has 8 heteroatoms. The van der Waals surface area contributed by atoms with E-state index in [0.29, 0.717) is 35.4 Å².